The molecule has 1 aliphatic rings. The SMILES string of the molecule is CCN1CCO[C@@H](CNC(=O)c2cccc(=O)n2C)[C@@H]1c1nccn1C. The van der Waals surface area contributed by atoms with Gasteiger partial charge in [-0.05, 0) is 12.6 Å². The van der Waals surface area contributed by atoms with Gasteiger partial charge in [-0.15, -0.1) is 0 Å². The van der Waals surface area contributed by atoms with Crippen molar-refractivity contribution in [2.45, 2.75) is 19.1 Å². The van der Waals surface area contributed by atoms with Gasteiger partial charge in [0.1, 0.15) is 11.5 Å². The van der Waals surface area contributed by atoms with Crippen molar-refractivity contribution in [1.82, 2.24) is 24.3 Å². The molecular weight excluding hydrogens is 334 g/mol. The van der Waals surface area contributed by atoms with Crippen molar-refractivity contribution in [2.24, 2.45) is 14.1 Å². The molecule has 0 aliphatic carbocycles. The summed E-state index contributed by atoms with van der Waals surface area (Å²) in [4.78, 5) is 31.0. The summed E-state index contributed by atoms with van der Waals surface area (Å²) in [5.74, 6) is 0.624. The molecule has 1 amide bonds. The number of pyridine rings is 1. The maximum Gasteiger partial charge on any atom is 0.268 e. The number of carbonyl (C=O) groups is 1. The van der Waals surface area contributed by atoms with Crippen LogP contribution in [0.25, 0.3) is 0 Å². The Hall–Kier alpha value is -2.45. The van der Waals surface area contributed by atoms with Gasteiger partial charge in [-0.1, -0.05) is 13.0 Å². The molecule has 8 heteroatoms. The molecular formula is C18H25N5O3. The van der Waals surface area contributed by atoms with Crippen LogP contribution in [-0.4, -0.2) is 57.3 Å². The molecule has 1 saturated heterocycles. The molecule has 1 fully saturated rings. The van der Waals surface area contributed by atoms with Crippen molar-refractivity contribution in [3.8, 4) is 0 Å². The number of hydrogen-bond donors (Lipinski definition) is 1. The number of aromatic nitrogens is 3. The fourth-order valence-electron chi connectivity index (χ4n) is 3.38. The van der Waals surface area contributed by atoms with Crippen molar-refractivity contribution in [3.05, 3.63) is 52.5 Å². The average molecular weight is 359 g/mol. The average Bonchev–Trinajstić information content (AvgIpc) is 3.07. The first kappa shape index (κ1) is 18.3. The van der Waals surface area contributed by atoms with Gasteiger partial charge in [0.2, 0.25) is 0 Å². The highest BCUT2D eigenvalue weighted by Crippen LogP contribution is 2.27. The van der Waals surface area contributed by atoms with E-state index < -0.39 is 0 Å². The Kier molecular flexibility index (Phi) is 5.53. The Bertz CT molecular complexity index is 828. The van der Waals surface area contributed by atoms with E-state index >= 15 is 0 Å². The van der Waals surface area contributed by atoms with E-state index in [9.17, 15) is 9.59 Å². The normalized spacial score (nSPS) is 20.9. The van der Waals surface area contributed by atoms with Gasteiger partial charge in [-0.3, -0.25) is 14.5 Å². The Labute approximate surface area is 152 Å². The maximum atomic E-state index is 12.5. The lowest BCUT2D eigenvalue weighted by atomic mass is 10.1. The van der Waals surface area contributed by atoms with Crippen LogP contribution in [0.15, 0.2) is 35.4 Å². The molecule has 2 aromatic heterocycles. The van der Waals surface area contributed by atoms with Crippen molar-refractivity contribution in [2.75, 3.05) is 26.2 Å². The summed E-state index contributed by atoms with van der Waals surface area (Å²) in [7, 11) is 3.55. The van der Waals surface area contributed by atoms with E-state index in [1.807, 2.05) is 17.8 Å². The van der Waals surface area contributed by atoms with Crippen LogP contribution in [0.1, 0.15) is 29.3 Å². The molecule has 1 N–H and O–H groups in total. The molecule has 0 spiro atoms. The third-order valence-electron chi connectivity index (χ3n) is 4.87. The lowest BCUT2D eigenvalue weighted by Crippen LogP contribution is -2.50. The first-order chi connectivity index (χ1) is 12.5. The van der Waals surface area contributed by atoms with Crippen LogP contribution >= 0.6 is 0 Å². The minimum atomic E-state index is -0.291. The van der Waals surface area contributed by atoms with Crippen molar-refractivity contribution in [1.29, 1.82) is 0 Å². The van der Waals surface area contributed by atoms with Gasteiger partial charge in [0, 0.05) is 45.6 Å². The third-order valence-corrected chi connectivity index (χ3v) is 4.87. The van der Waals surface area contributed by atoms with Crippen LogP contribution in [0.2, 0.25) is 0 Å². The monoisotopic (exact) mass is 359 g/mol. The Morgan fingerprint density at radius 1 is 1.38 bits per heavy atom. The van der Waals surface area contributed by atoms with E-state index in [-0.39, 0.29) is 23.6 Å². The van der Waals surface area contributed by atoms with Gasteiger partial charge in [-0.25, -0.2) is 4.98 Å². The van der Waals surface area contributed by atoms with Crippen molar-refractivity contribution in [3.63, 3.8) is 0 Å². The molecule has 8 nitrogen and oxygen atoms in total. The highest BCUT2D eigenvalue weighted by molar-refractivity contribution is 5.92. The third kappa shape index (κ3) is 3.56. The number of nitrogens with one attached hydrogen (secondary N) is 1. The molecule has 2 atom stereocenters. The molecule has 0 saturated carbocycles. The Balaban J connectivity index is 1.76. The number of ether oxygens (including phenoxy) is 1. The molecule has 3 heterocycles. The standard InChI is InChI=1S/C18H25N5O3/c1-4-23-10-11-26-14(16(23)17-19-8-9-21(17)2)12-20-18(25)13-6-5-7-15(24)22(13)3/h5-9,14,16H,4,10-12H2,1-3H3,(H,20,25)/t14-,16+/m0/s1. The van der Waals surface area contributed by atoms with Gasteiger partial charge in [0.15, 0.2) is 0 Å². The molecule has 2 aromatic rings. The zero-order valence-electron chi connectivity index (χ0n) is 15.4. The Morgan fingerprint density at radius 2 is 2.19 bits per heavy atom. The number of rotatable bonds is 5. The summed E-state index contributed by atoms with van der Waals surface area (Å²) in [5, 5.41) is 2.91. The second-order valence-electron chi connectivity index (χ2n) is 6.40. The summed E-state index contributed by atoms with van der Waals surface area (Å²) in [6, 6.07) is 4.61. The number of aryl methyl sites for hydroxylation is 1. The van der Waals surface area contributed by atoms with Crippen LogP contribution in [0.5, 0.6) is 0 Å². The van der Waals surface area contributed by atoms with E-state index in [2.05, 4.69) is 22.1 Å². The summed E-state index contributed by atoms with van der Waals surface area (Å²) >= 11 is 0. The number of imidazole rings is 1. The first-order valence-corrected chi connectivity index (χ1v) is 8.80. The van der Waals surface area contributed by atoms with E-state index in [0.717, 1.165) is 18.9 Å². The minimum absolute atomic E-state index is 0.0337. The minimum Gasteiger partial charge on any atom is -0.373 e. The Morgan fingerprint density at radius 3 is 2.88 bits per heavy atom. The fourth-order valence-corrected chi connectivity index (χ4v) is 3.38. The van der Waals surface area contributed by atoms with Gasteiger partial charge in [-0.2, -0.15) is 0 Å². The lowest BCUT2D eigenvalue weighted by Gasteiger charge is -2.40. The van der Waals surface area contributed by atoms with Crippen molar-refractivity contribution < 1.29 is 9.53 Å². The van der Waals surface area contributed by atoms with Gasteiger partial charge in [0.25, 0.3) is 11.5 Å². The number of carbonyl (C=O) groups excluding carboxylic acids is 1. The zero-order valence-corrected chi connectivity index (χ0v) is 15.4. The number of morpholine rings is 1. The topological polar surface area (TPSA) is 81.4 Å². The lowest BCUT2D eigenvalue weighted by molar-refractivity contribution is -0.0720. The van der Waals surface area contributed by atoms with E-state index in [1.165, 1.54) is 10.6 Å². The first-order valence-electron chi connectivity index (χ1n) is 8.80. The van der Waals surface area contributed by atoms with E-state index in [0.29, 0.717) is 18.8 Å². The zero-order chi connectivity index (χ0) is 18.7. The van der Waals surface area contributed by atoms with Crippen LogP contribution in [0.3, 0.4) is 0 Å². The second kappa shape index (κ2) is 7.84. The van der Waals surface area contributed by atoms with E-state index in [1.54, 1.807) is 25.4 Å². The predicted octanol–water partition coefficient (Wildman–Crippen LogP) is 0.311. The molecule has 3 rings (SSSR count). The predicted molar refractivity (Wildman–Crippen MR) is 97.0 cm³/mol. The number of hydrogen-bond acceptors (Lipinski definition) is 5. The maximum absolute atomic E-state index is 12.5. The summed E-state index contributed by atoms with van der Waals surface area (Å²) in [6.45, 7) is 4.76. The quantitative estimate of drug-likeness (QED) is 0.831. The molecule has 26 heavy (non-hydrogen) atoms. The number of likely N-dealkylation sites (N-methyl/N-ethyl adjacent to an activating group) is 1. The fraction of sp³-hybridized carbons (Fsp3) is 0.500. The van der Waals surface area contributed by atoms with Crippen LogP contribution in [0, 0.1) is 0 Å². The summed E-state index contributed by atoms with van der Waals surface area (Å²) in [5.41, 5.74) is 0.115. The molecule has 140 valence electrons. The molecule has 0 bridgehead atoms. The number of nitrogens with zero attached hydrogens (tertiary/aromatic N) is 4. The second-order valence-corrected chi connectivity index (χ2v) is 6.40. The molecule has 1 aliphatic heterocycles. The summed E-state index contributed by atoms with van der Waals surface area (Å²) < 4.78 is 9.29. The largest absolute Gasteiger partial charge is 0.373 e. The number of amides is 1. The van der Waals surface area contributed by atoms with E-state index in [4.69, 9.17) is 4.74 Å². The molecule has 0 unspecified atom stereocenters. The molecule has 0 radical (unpaired) electrons. The molecule has 0 aromatic carbocycles. The smallest absolute Gasteiger partial charge is 0.268 e. The van der Waals surface area contributed by atoms with Crippen molar-refractivity contribution >= 4 is 5.91 Å². The highest BCUT2D eigenvalue weighted by Gasteiger charge is 2.35. The van der Waals surface area contributed by atoms with Gasteiger partial charge in [0.05, 0.1) is 18.8 Å². The van der Waals surface area contributed by atoms with Crippen LogP contribution in [-0.2, 0) is 18.8 Å². The van der Waals surface area contributed by atoms with Crippen LogP contribution < -0.4 is 10.9 Å². The highest BCUT2D eigenvalue weighted by atomic mass is 16.5. The van der Waals surface area contributed by atoms with Crippen LogP contribution in [0.4, 0.5) is 0 Å². The van der Waals surface area contributed by atoms with Gasteiger partial charge >= 0.3 is 0 Å². The summed E-state index contributed by atoms with van der Waals surface area (Å²) in [6.07, 6.45) is 3.47. The van der Waals surface area contributed by atoms with Gasteiger partial charge < -0.3 is 19.2 Å².